The van der Waals surface area contributed by atoms with Crippen LogP contribution in [0.15, 0.2) is 10.4 Å². The van der Waals surface area contributed by atoms with Gasteiger partial charge >= 0.3 is 6.18 Å². The van der Waals surface area contributed by atoms with Crippen molar-refractivity contribution in [2.75, 3.05) is 13.1 Å². The summed E-state index contributed by atoms with van der Waals surface area (Å²) in [6, 6.07) is 0. The van der Waals surface area contributed by atoms with Gasteiger partial charge in [0, 0.05) is 18.5 Å². The van der Waals surface area contributed by atoms with Gasteiger partial charge in [0.05, 0.1) is 12.1 Å². The number of halogens is 3. The molecular weight excluding hydrogens is 329 g/mol. The summed E-state index contributed by atoms with van der Waals surface area (Å²) in [7, 11) is 0. The van der Waals surface area contributed by atoms with E-state index in [1.807, 2.05) is 20.8 Å². The highest BCUT2D eigenvalue weighted by molar-refractivity contribution is 7.09. The van der Waals surface area contributed by atoms with Crippen molar-refractivity contribution < 1.29 is 18.3 Å². The van der Waals surface area contributed by atoms with Crippen molar-refractivity contribution in [2.45, 2.75) is 51.9 Å². The average Bonchev–Trinajstić information content (AvgIpc) is 2.99. The second-order valence-electron chi connectivity index (χ2n) is 5.10. The Morgan fingerprint density at radius 1 is 1.26 bits per heavy atom. The van der Waals surface area contributed by atoms with Crippen LogP contribution in [-0.4, -0.2) is 34.7 Å². The lowest BCUT2D eigenvalue weighted by atomic mass is 9.98. The van der Waals surface area contributed by atoms with E-state index in [9.17, 15) is 18.3 Å². The van der Waals surface area contributed by atoms with Gasteiger partial charge in [-0.1, -0.05) is 13.8 Å². The van der Waals surface area contributed by atoms with E-state index < -0.39 is 17.5 Å². The molecule has 23 heavy (non-hydrogen) atoms. The molecule has 9 heteroatoms. The zero-order valence-electron chi connectivity index (χ0n) is 13.5. The number of alkyl halides is 3. The van der Waals surface area contributed by atoms with Gasteiger partial charge in [0.25, 0.3) is 0 Å². The Labute approximate surface area is 138 Å². The van der Waals surface area contributed by atoms with E-state index in [0.29, 0.717) is 31.9 Å². The van der Waals surface area contributed by atoms with E-state index >= 15 is 0 Å². The van der Waals surface area contributed by atoms with Crippen LogP contribution in [0.3, 0.4) is 0 Å². The molecule has 1 rings (SSSR count). The van der Waals surface area contributed by atoms with Crippen molar-refractivity contribution in [3.63, 3.8) is 0 Å². The first-order chi connectivity index (χ1) is 10.7. The van der Waals surface area contributed by atoms with Gasteiger partial charge in [0.1, 0.15) is 5.01 Å². The fourth-order valence-corrected chi connectivity index (χ4v) is 2.47. The average molecular weight is 352 g/mol. The Morgan fingerprint density at radius 2 is 1.91 bits per heavy atom. The Bertz CT molecular complexity index is 512. The molecule has 1 heterocycles. The molecular formula is C14H23F3N4OS. The molecule has 3 N–H and O–H groups in total. The summed E-state index contributed by atoms with van der Waals surface area (Å²) in [5.74, 6) is 0.441. The number of aliphatic hydroxyl groups is 1. The lowest BCUT2D eigenvalue weighted by Gasteiger charge is -2.26. The molecule has 0 saturated heterocycles. The largest absolute Gasteiger partial charge is 0.434 e. The molecule has 0 aliphatic carbocycles. The van der Waals surface area contributed by atoms with Crippen molar-refractivity contribution in [3.8, 4) is 0 Å². The van der Waals surface area contributed by atoms with E-state index in [-0.39, 0.29) is 11.6 Å². The second-order valence-corrected chi connectivity index (χ2v) is 6.05. The first-order valence-electron chi connectivity index (χ1n) is 7.50. The molecule has 0 atom stereocenters. The predicted molar refractivity (Wildman–Crippen MR) is 85.5 cm³/mol. The fraction of sp³-hybridized carbons (Fsp3) is 0.714. The van der Waals surface area contributed by atoms with E-state index in [1.54, 1.807) is 0 Å². The number of aromatic nitrogens is 1. The summed E-state index contributed by atoms with van der Waals surface area (Å²) in [5.41, 5.74) is -1.72. The van der Waals surface area contributed by atoms with Crippen LogP contribution in [-0.2, 0) is 12.7 Å². The lowest BCUT2D eigenvalue weighted by Crippen LogP contribution is -2.46. The molecule has 132 valence electrons. The van der Waals surface area contributed by atoms with E-state index in [2.05, 4.69) is 20.6 Å². The van der Waals surface area contributed by atoms with Gasteiger partial charge in [0.15, 0.2) is 11.7 Å². The summed E-state index contributed by atoms with van der Waals surface area (Å²) >= 11 is 0.926. The fourth-order valence-electron chi connectivity index (χ4n) is 1.75. The summed E-state index contributed by atoms with van der Waals surface area (Å²) in [6.07, 6.45) is -3.24. The minimum absolute atomic E-state index is 0.0484. The highest BCUT2D eigenvalue weighted by atomic mass is 32.1. The lowest BCUT2D eigenvalue weighted by molar-refractivity contribution is -0.140. The highest BCUT2D eigenvalue weighted by Crippen LogP contribution is 2.30. The highest BCUT2D eigenvalue weighted by Gasteiger charge is 2.33. The van der Waals surface area contributed by atoms with Crippen LogP contribution >= 0.6 is 11.3 Å². The number of rotatable bonds is 7. The van der Waals surface area contributed by atoms with Gasteiger partial charge in [-0.2, -0.15) is 13.2 Å². The van der Waals surface area contributed by atoms with Gasteiger partial charge in [-0.05, 0) is 19.8 Å². The number of nitrogens with one attached hydrogen (secondary N) is 2. The Hall–Kier alpha value is -1.35. The topological polar surface area (TPSA) is 69.5 Å². The predicted octanol–water partition coefficient (Wildman–Crippen LogP) is 2.77. The van der Waals surface area contributed by atoms with E-state index in [4.69, 9.17) is 0 Å². The molecule has 0 aliphatic rings. The monoisotopic (exact) mass is 352 g/mol. The van der Waals surface area contributed by atoms with Crippen LogP contribution in [0.4, 0.5) is 13.2 Å². The maximum absolute atomic E-state index is 12.5. The van der Waals surface area contributed by atoms with Crippen LogP contribution in [0.5, 0.6) is 0 Å². The van der Waals surface area contributed by atoms with Gasteiger partial charge in [0.2, 0.25) is 0 Å². The Kier molecular flexibility index (Phi) is 7.27. The van der Waals surface area contributed by atoms with Crippen LogP contribution in [0, 0.1) is 0 Å². The molecule has 0 aliphatic heterocycles. The molecule has 0 spiro atoms. The molecule has 5 nitrogen and oxygen atoms in total. The van der Waals surface area contributed by atoms with Crippen LogP contribution in [0.25, 0.3) is 0 Å². The van der Waals surface area contributed by atoms with Crippen molar-refractivity contribution in [1.29, 1.82) is 0 Å². The number of guanidine groups is 1. The number of hydrogen-bond donors (Lipinski definition) is 3. The molecule has 0 saturated carbocycles. The van der Waals surface area contributed by atoms with Crippen LogP contribution in [0.2, 0.25) is 0 Å². The van der Waals surface area contributed by atoms with Crippen molar-refractivity contribution >= 4 is 17.3 Å². The second kappa shape index (κ2) is 8.49. The summed E-state index contributed by atoms with van der Waals surface area (Å²) in [6.45, 7) is 6.64. The first kappa shape index (κ1) is 19.7. The molecule has 0 radical (unpaired) electrons. The quantitative estimate of drug-likeness (QED) is 0.521. The third-order valence-electron chi connectivity index (χ3n) is 3.46. The minimum Gasteiger partial charge on any atom is -0.388 e. The van der Waals surface area contributed by atoms with Gasteiger partial charge in [-0.3, -0.25) is 0 Å². The minimum atomic E-state index is -4.43. The summed E-state index contributed by atoms with van der Waals surface area (Å²) in [5, 5.41) is 17.5. The Morgan fingerprint density at radius 3 is 2.39 bits per heavy atom. The standard InChI is InChI=1S/C14H23F3N4OS/c1-4-13(22,5-2)9-20-12(18-6-3)19-7-11-21-10(8-23-11)14(15,16)17/h8,22H,4-7,9H2,1-3H3,(H2,18,19,20). The molecule has 0 aromatic carbocycles. The maximum atomic E-state index is 12.5. The smallest absolute Gasteiger partial charge is 0.388 e. The van der Waals surface area contributed by atoms with Crippen LogP contribution < -0.4 is 10.6 Å². The third-order valence-corrected chi connectivity index (χ3v) is 4.29. The normalized spacial score (nSPS) is 13.3. The number of thiazole rings is 1. The molecule has 1 aromatic heterocycles. The van der Waals surface area contributed by atoms with Gasteiger partial charge in [-0.25, -0.2) is 9.98 Å². The molecule has 0 fully saturated rings. The molecule has 1 aromatic rings. The SMILES string of the molecule is CCNC(=NCc1nc(C(F)(F)F)cs1)NCC(O)(CC)CC. The molecule has 0 bridgehead atoms. The number of nitrogens with zero attached hydrogens (tertiary/aromatic N) is 2. The maximum Gasteiger partial charge on any atom is 0.434 e. The summed E-state index contributed by atoms with van der Waals surface area (Å²) < 4.78 is 37.5. The third kappa shape index (κ3) is 6.34. The Balaban J connectivity index is 2.70. The molecule has 0 amide bonds. The summed E-state index contributed by atoms with van der Waals surface area (Å²) in [4.78, 5) is 7.75. The first-order valence-corrected chi connectivity index (χ1v) is 8.38. The van der Waals surface area contributed by atoms with Gasteiger partial charge < -0.3 is 15.7 Å². The van der Waals surface area contributed by atoms with Crippen molar-refractivity contribution in [1.82, 2.24) is 15.6 Å². The number of hydrogen-bond acceptors (Lipinski definition) is 4. The van der Waals surface area contributed by atoms with Crippen molar-refractivity contribution in [2.24, 2.45) is 4.99 Å². The number of aliphatic imine (C=N–C) groups is 1. The van der Waals surface area contributed by atoms with Crippen LogP contribution in [0.1, 0.15) is 44.3 Å². The van der Waals surface area contributed by atoms with E-state index in [0.717, 1.165) is 16.7 Å². The van der Waals surface area contributed by atoms with E-state index in [1.165, 1.54) is 0 Å². The van der Waals surface area contributed by atoms with Crippen molar-refractivity contribution in [3.05, 3.63) is 16.1 Å². The zero-order valence-corrected chi connectivity index (χ0v) is 14.3. The zero-order chi connectivity index (χ0) is 17.5. The molecule has 0 unspecified atom stereocenters. The van der Waals surface area contributed by atoms with Gasteiger partial charge in [-0.15, -0.1) is 11.3 Å².